The predicted molar refractivity (Wildman–Crippen MR) is 40.7 cm³/mol. The van der Waals surface area contributed by atoms with Crippen molar-refractivity contribution in [3.05, 3.63) is 23.9 Å². The maximum atomic E-state index is 12.3. The Morgan fingerprint density at radius 2 is 2.00 bits per heavy atom. The maximum Gasteiger partial charge on any atom is 0.437 e. The fourth-order valence-electron chi connectivity index (χ4n) is 1.13. The molecule has 1 aromatic carbocycles. The number of nitrogens with zero attached hydrogens (tertiary/aromatic N) is 1. The smallest absolute Gasteiger partial charge is 0.437 e. The van der Waals surface area contributed by atoms with E-state index < -0.39 is 11.9 Å². The highest BCUT2D eigenvalue weighted by Crippen LogP contribution is 2.35. The molecule has 0 aliphatic heterocycles. The molecule has 1 heterocycles. The first-order valence-electron chi connectivity index (χ1n) is 3.64. The van der Waals surface area contributed by atoms with Crippen LogP contribution >= 0.6 is 0 Å². The van der Waals surface area contributed by atoms with Crippen LogP contribution in [0.4, 0.5) is 13.2 Å². The summed E-state index contributed by atoms with van der Waals surface area (Å²) in [6, 6.07) is 3.43. The lowest BCUT2D eigenvalue weighted by atomic mass is 10.2. The predicted octanol–water partition coefficient (Wildman–Crippen LogP) is 2.55. The van der Waals surface area contributed by atoms with Crippen LogP contribution in [0.5, 0.6) is 5.75 Å². The van der Waals surface area contributed by atoms with Gasteiger partial charge in [0.15, 0.2) is 11.3 Å². The molecule has 0 aliphatic rings. The van der Waals surface area contributed by atoms with Crippen molar-refractivity contribution in [3.8, 4) is 5.75 Å². The first-order valence-corrected chi connectivity index (χ1v) is 3.64. The molecule has 6 heteroatoms. The van der Waals surface area contributed by atoms with E-state index in [9.17, 15) is 13.2 Å². The number of alkyl halides is 3. The summed E-state index contributed by atoms with van der Waals surface area (Å²) in [6.45, 7) is 0. The van der Waals surface area contributed by atoms with Crippen molar-refractivity contribution in [1.29, 1.82) is 0 Å². The molecule has 0 fully saturated rings. The third kappa shape index (κ3) is 1.28. The molecule has 0 spiro atoms. The van der Waals surface area contributed by atoms with Crippen LogP contribution in [0, 0.1) is 0 Å². The topological polar surface area (TPSA) is 46.3 Å². The molecular weight excluding hydrogens is 199 g/mol. The third-order valence-electron chi connectivity index (χ3n) is 1.72. The van der Waals surface area contributed by atoms with E-state index in [4.69, 9.17) is 5.11 Å². The van der Waals surface area contributed by atoms with Gasteiger partial charge in [0.2, 0.25) is 0 Å². The van der Waals surface area contributed by atoms with Gasteiger partial charge in [-0.3, -0.25) is 0 Å². The molecule has 2 rings (SSSR count). The summed E-state index contributed by atoms with van der Waals surface area (Å²) in [7, 11) is 0. The number of fused-ring (bicyclic) bond motifs is 1. The van der Waals surface area contributed by atoms with Crippen molar-refractivity contribution in [1.82, 2.24) is 5.16 Å². The van der Waals surface area contributed by atoms with Crippen LogP contribution in [0.1, 0.15) is 5.69 Å². The standard InChI is InChI=1S/C8H4F3NO2/c9-8(10,11)7-5-3-4(13)1-2-6(5)14-12-7/h1-3,13H. The number of aromatic nitrogens is 1. The zero-order valence-electron chi connectivity index (χ0n) is 6.67. The van der Waals surface area contributed by atoms with E-state index in [0.717, 1.165) is 6.07 Å². The quantitative estimate of drug-likeness (QED) is 0.715. The Morgan fingerprint density at radius 1 is 1.29 bits per heavy atom. The lowest BCUT2D eigenvalue weighted by molar-refractivity contribution is -0.141. The van der Waals surface area contributed by atoms with Crippen LogP contribution in [-0.4, -0.2) is 10.3 Å². The molecule has 0 bridgehead atoms. The molecule has 0 amide bonds. The molecular formula is C8H4F3NO2. The monoisotopic (exact) mass is 203 g/mol. The number of phenols is 1. The van der Waals surface area contributed by atoms with Gasteiger partial charge in [-0.1, -0.05) is 5.16 Å². The first kappa shape index (κ1) is 8.86. The fourth-order valence-corrected chi connectivity index (χ4v) is 1.13. The van der Waals surface area contributed by atoms with Crippen LogP contribution < -0.4 is 0 Å². The molecule has 14 heavy (non-hydrogen) atoms. The van der Waals surface area contributed by atoms with E-state index in [-0.39, 0.29) is 16.7 Å². The van der Waals surface area contributed by atoms with Gasteiger partial charge in [-0.05, 0) is 18.2 Å². The molecule has 0 saturated carbocycles. The molecule has 2 aromatic rings. The summed E-state index contributed by atoms with van der Waals surface area (Å²) in [6.07, 6.45) is -4.57. The Labute approximate surface area is 75.7 Å². The number of halogens is 3. The summed E-state index contributed by atoms with van der Waals surface area (Å²) in [5.41, 5.74) is -1.13. The van der Waals surface area contributed by atoms with E-state index >= 15 is 0 Å². The van der Waals surface area contributed by atoms with Gasteiger partial charge in [0.25, 0.3) is 0 Å². The van der Waals surface area contributed by atoms with Crippen LogP contribution in [0.2, 0.25) is 0 Å². The average molecular weight is 203 g/mol. The Hall–Kier alpha value is -1.72. The van der Waals surface area contributed by atoms with Crippen molar-refractivity contribution >= 4 is 11.0 Å². The van der Waals surface area contributed by atoms with Gasteiger partial charge in [-0.15, -0.1) is 0 Å². The SMILES string of the molecule is Oc1ccc2onc(C(F)(F)F)c2c1. The van der Waals surface area contributed by atoms with Gasteiger partial charge < -0.3 is 9.63 Å². The Balaban J connectivity index is 2.73. The molecule has 1 aromatic heterocycles. The molecule has 0 aliphatic carbocycles. The second-order valence-electron chi connectivity index (χ2n) is 2.71. The molecule has 0 unspecified atom stereocenters. The zero-order valence-corrected chi connectivity index (χ0v) is 6.67. The van der Waals surface area contributed by atoms with Crippen molar-refractivity contribution in [2.75, 3.05) is 0 Å². The van der Waals surface area contributed by atoms with Crippen LogP contribution in [0.15, 0.2) is 22.7 Å². The summed E-state index contributed by atoms with van der Waals surface area (Å²) in [4.78, 5) is 0. The van der Waals surface area contributed by atoms with Gasteiger partial charge in [0.1, 0.15) is 5.75 Å². The van der Waals surface area contributed by atoms with Crippen LogP contribution in [-0.2, 0) is 6.18 Å². The lowest BCUT2D eigenvalue weighted by Crippen LogP contribution is -2.05. The van der Waals surface area contributed by atoms with Crippen LogP contribution in [0.3, 0.4) is 0 Å². The largest absolute Gasteiger partial charge is 0.508 e. The number of aromatic hydroxyl groups is 1. The normalized spacial score (nSPS) is 12.2. The Bertz CT molecular complexity index is 475. The highest BCUT2D eigenvalue weighted by molar-refractivity contribution is 5.81. The van der Waals surface area contributed by atoms with Crippen molar-refractivity contribution in [2.24, 2.45) is 0 Å². The van der Waals surface area contributed by atoms with Gasteiger partial charge in [0.05, 0.1) is 5.39 Å². The third-order valence-corrected chi connectivity index (χ3v) is 1.72. The number of hydrogen-bond acceptors (Lipinski definition) is 3. The van der Waals surface area contributed by atoms with E-state index in [1.165, 1.54) is 12.1 Å². The minimum Gasteiger partial charge on any atom is -0.508 e. The summed E-state index contributed by atoms with van der Waals surface area (Å²) < 4.78 is 41.3. The lowest BCUT2D eigenvalue weighted by Gasteiger charge is -2.00. The maximum absolute atomic E-state index is 12.3. The van der Waals surface area contributed by atoms with E-state index in [1.807, 2.05) is 0 Å². The summed E-state index contributed by atoms with van der Waals surface area (Å²) >= 11 is 0. The molecule has 74 valence electrons. The second kappa shape index (κ2) is 2.63. The van der Waals surface area contributed by atoms with E-state index in [1.54, 1.807) is 0 Å². The molecule has 0 atom stereocenters. The first-order chi connectivity index (χ1) is 6.48. The fraction of sp³-hybridized carbons (Fsp3) is 0.125. The van der Waals surface area contributed by atoms with Gasteiger partial charge in [-0.25, -0.2) is 0 Å². The van der Waals surface area contributed by atoms with Gasteiger partial charge in [0, 0.05) is 0 Å². The molecule has 1 N–H and O–H groups in total. The average Bonchev–Trinajstić information content (AvgIpc) is 2.45. The molecule has 0 radical (unpaired) electrons. The minimum absolute atomic E-state index is 0.00451. The number of benzene rings is 1. The Morgan fingerprint density at radius 3 is 2.64 bits per heavy atom. The molecule has 3 nitrogen and oxygen atoms in total. The minimum atomic E-state index is -4.57. The van der Waals surface area contributed by atoms with E-state index in [0.29, 0.717) is 0 Å². The number of phenolic OH excluding ortho intramolecular Hbond substituents is 1. The summed E-state index contributed by atoms with van der Waals surface area (Å²) in [5, 5.41) is 11.7. The van der Waals surface area contributed by atoms with Gasteiger partial charge >= 0.3 is 6.18 Å². The van der Waals surface area contributed by atoms with Crippen LogP contribution in [0.25, 0.3) is 11.0 Å². The number of rotatable bonds is 0. The summed E-state index contributed by atoms with van der Waals surface area (Å²) in [5.74, 6) is -0.258. The van der Waals surface area contributed by atoms with E-state index in [2.05, 4.69) is 9.68 Å². The van der Waals surface area contributed by atoms with Crippen molar-refractivity contribution in [2.45, 2.75) is 6.18 Å². The number of hydrogen-bond donors (Lipinski definition) is 1. The highest BCUT2D eigenvalue weighted by Gasteiger charge is 2.37. The zero-order chi connectivity index (χ0) is 10.3. The highest BCUT2D eigenvalue weighted by atomic mass is 19.4. The van der Waals surface area contributed by atoms with Crippen molar-refractivity contribution < 1.29 is 22.8 Å². The second-order valence-corrected chi connectivity index (χ2v) is 2.71. The van der Waals surface area contributed by atoms with Gasteiger partial charge in [-0.2, -0.15) is 13.2 Å². The Kier molecular flexibility index (Phi) is 1.67. The molecule has 0 saturated heterocycles. The van der Waals surface area contributed by atoms with Crippen molar-refractivity contribution in [3.63, 3.8) is 0 Å².